The molecule has 2 atom stereocenters. The van der Waals surface area contributed by atoms with Crippen LogP contribution in [0.4, 0.5) is 0 Å². The first-order valence-corrected chi connectivity index (χ1v) is 6.47. The molecular formula is C14H22N2. The molecule has 3 rings (SSSR count). The Labute approximate surface area is 98.7 Å². The van der Waals surface area contributed by atoms with E-state index in [1.165, 1.54) is 18.5 Å². The maximum atomic E-state index is 4.24. The van der Waals surface area contributed by atoms with Crippen LogP contribution in [0.15, 0.2) is 18.5 Å². The third-order valence-corrected chi connectivity index (χ3v) is 3.69. The molecule has 2 bridgehead atoms. The quantitative estimate of drug-likeness (QED) is 0.718. The highest BCUT2D eigenvalue weighted by Crippen LogP contribution is 2.50. The molecule has 1 aromatic heterocycles. The molecule has 1 fully saturated rings. The average Bonchev–Trinajstić information content (AvgIpc) is 2.90. The molecule has 16 heavy (non-hydrogen) atoms. The largest absolute Gasteiger partial charge is 0.293 e. The van der Waals surface area contributed by atoms with E-state index in [1.807, 2.05) is 20.0 Å². The van der Waals surface area contributed by atoms with Gasteiger partial charge in [0.25, 0.3) is 0 Å². The van der Waals surface area contributed by atoms with Gasteiger partial charge in [-0.2, -0.15) is 0 Å². The van der Waals surface area contributed by atoms with Gasteiger partial charge in [0.05, 0.1) is 0 Å². The fourth-order valence-electron chi connectivity index (χ4n) is 3.03. The summed E-state index contributed by atoms with van der Waals surface area (Å²) in [6.45, 7) is 9.83. The Morgan fingerprint density at radius 1 is 1.31 bits per heavy atom. The molecular weight excluding hydrogens is 196 g/mol. The van der Waals surface area contributed by atoms with E-state index < -0.39 is 0 Å². The lowest BCUT2D eigenvalue weighted by Crippen LogP contribution is -2.33. The SMILES string of the molecule is CC.CC(C)N1CC2CC1c1cnccc12. The summed E-state index contributed by atoms with van der Waals surface area (Å²) >= 11 is 0. The van der Waals surface area contributed by atoms with E-state index in [1.54, 1.807) is 5.56 Å². The molecule has 1 saturated heterocycles. The smallest absolute Gasteiger partial charge is 0.0375 e. The van der Waals surface area contributed by atoms with Crippen molar-refractivity contribution in [1.82, 2.24) is 9.88 Å². The van der Waals surface area contributed by atoms with Gasteiger partial charge in [-0.05, 0) is 43.4 Å². The van der Waals surface area contributed by atoms with Crippen LogP contribution in [-0.4, -0.2) is 22.5 Å². The zero-order valence-electron chi connectivity index (χ0n) is 10.8. The number of pyridine rings is 1. The predicted octanol–water partition coefficient (Wildman–Crippen LogP) is 3.36. The first kappa shape index (κ1) is 11.6. The summed E-state index contributed by atoms with van der Waals surface area (Å²) in [5.41, 5.74) is 3.04. The third kappa shape index (κ3) is 1.65. The molecule has 1 aliphatic heterocycles. The van der Waals surface area contributed by atoms with E-state index in [4.69, 9.17) is 0 Å². The summed E-state index contributed by atoms with van der Waals surface area (Å²) in [7, 11) is 0. The Hall–Kier alpha value is -0.890. The molecule has 2 heterocycles. The summed E-state index contributed by atoms with van der Waals surface area (Å²) in [6.07, 6.45) is 5.31. The highest BCUT2D eigenvalue weighted by atomic mass is 15.2. The lowest BCUT2D eigenvalue weighted by atomic mass is 10.0. The molecule has 0 saturated carbocycles. The van der Waals surface area contributed by atoms with Crippen molar-refractivity contribution in [2.24, 2.45) is 0 Å². The van der Waals surface area contributed by atoms with Crippen LogP contribution in [0.5, 0.6) is 0 Å². The number of rotatable bonds is 1. The Balaban J connectivity index is 0.000000457. The molecule has 2 heteroatoms. The number of likely N-dealkylation sites (tertiary alicyclic amines) is 1. The number of hydrogen-bond acceptors (Lipinski definition) is 2. The number of hydrogen-bond donors (Lipinski definition) is 0. The van der Waals surface area contributed by atoms with Crippen molar-refractivity contribution in [1.29, 1.82) is 0 Å². The molecule has 0 amide bonds. The van der Waals surface area contributed by atoms with Gasteiger partial charge in [-0.1, -0.05) is 13.8 Å². The molecule has 0 spiro atoms. The monoisotopic (exact) mass is 218 g/mol. The van der Waals surface area contributed by atoms with Crippen LogP contribution in [0.2, 0.25) is 0 Å². The second kappa shape index (κ2) is 4.54. The van der Waals surface area contributed by atoms with Crippen molar-refractivity contribution in [2.75, 3.05) is 6.54 Å². The second-order valence-electron chi connectivity index (χ2n) is 4.74. The highest BCUT2D eigenvalue weighted by molar-refractivity contribution is 5.39. The van der Waals surface area contributed by atoms with E-state index in [0.717, 1.165) is 5.92 Å². The topological polar surface area (TPSA) is 16.1 Å². The minimum atomic E-state index is 0.656. The van der Waals surface area contributed by atoms with Crippen molar-refractivity contribution in [2.45, 2.75) is 52.1 Å². The van der Waals surface area contributed by atoms with Crippen molar-refractivity contribution in [3.8, 4) is 0 Å². The van der Waals surface area contributed by atoms with Gasteiger partial charge in [-0.3, -0.25) is 9.88 Å². The van der Waals surface area contributed by atoms with Gasteiger partial charge in [0.15, 0.2) is 0 Å². The molecule has 88 valence electrons. The Morgan fingerprint density at radius 3 is 2.75 bits per heavy atom. The van der Waals surface area contributed by atoms with Crippen LogP contribution >= 0.6 is 0 Å². The molecule has 2 unspecified atom stereocenters. The van der Waals surface area contributed by atoms with Crippen LogP contribution in [-0.2, 0) is 0 Å². The van der Waals surface area contributed by atoms with E-state index in [9.17, 15) is 0 Å². The van der Waals surface area contributed by atoms with Crippen LogP contribution < -0.4 is 0 Å². The van der Waals surface area contributed by atoms with Crippen LogP contribution in [0.1, 0.15) is 57.2 Å². The molecule has 0 radical (unpaired) electrons. The van der Waals surface area contributed by atoms with Crippen molar-refractivity contribution < 1.29 is 0 Å². The molecule has 2 nitrogen and oxygen atoms in total. The first-order valence-electron chi connectivity index (χ1n) is 6.47. The summed E-state index contributed by atoms with van der Waals surface area (Å²) in [4.78, 5) is 6.85. The normalized spacial score (nSPS) is 26.6. The van der Waals surface area contributed by atoms with Gasteiger partial charge in [-0.25, -0.2) is 0 Å². The summed E-state index contributed by atoms with van der Waals surface area (Å²) < 4.78 is 0. The lowest BCUT2D eigenvalue weighted by molar-refractivity contribution is 0.197. The molecule has 2 aliphatic rings. The van der Waals surface area contributed by atoms with E-state index >= 15 is 0 Å². The van der Waals surface area contributed by atoms with Crippen LogP contribution in [0, 0.1) is 0 Å². The van der Waals surface area contributed by atoms with E-state index in [-0.39, 0.29) is 0 Å². The van der Waals surface area contributed by atoms with Crippen LogP contribution in [0.3, 0.4) is 0 Å². The highest BCUT2D eigenvalue weighted by Gasteiger charge is 2.42. The fraction of sp³-hybridized carbons (Fsp3) is 0.643. The van der Waals surface area contributed by atoms with E-state index in [0.29, 0.717) is 12.1 Å². The first-order chi connectivity index (χ1) is 7.77. The number of fused-ring (bicyclic) bond motifs is 5. The Bertz CT molecular complexity index is 360. The van der Waals surface area contributed by atoms with Gasteiger partial charge < -0.3 is 0 Å². The fourth-order valence-corrected chi connectivity index (χ4v) is 3.03. The van der Waals surface area contributed by atoms with Gasteiger partial charge in [0.2, 0.25) is 0 Å². The third-order valence-electron chi connectivity index (χ3n) is 3.69. The van der Waals surface area contributed by atoms with Gasteiger partial charge in [0, 0.05) is 31.0 Å². The average molecular weight is 218 g/mol. The summed E-state index contributed by atoms with van der Waals surface area (Å²) in [6, 6.07) is 3.53. The minimum Gasteiger partial charge on any atom is -0.293 e. The molecule has 1 aromatic rings. The minimum absolute atomic E-state index is 0.656. The summed E-state index contributed by atoms with van der Waals surface area (Å²) in [5, 5.41) is 0. The standard InChI is InChI=1S/C12H16N2.C2H6/c1-8(2)14-7-9-5-12(14)11-6-13-4-3-10(9)11;1-2/h3-4,6,8-9,12H,5,7H2,1-2H3;1-2H3. The lowest BCUT2D eigenvalue weighted by Gasteiger charge is -2.31. The molecule has 0 aromatic carbocycles. The Morgan fingerprint density at radius 2 is 2.06 bits per heavy atom. The second-order valence-corrected chi connectivity index (χ2v) is 4.74. The van der Waals surface area contributed by atoms with Crippen molar-refractivity contribution in [3.05, 3.63) is 29.6 Å². The zero-order chi connectivity index (χ0) is 11.7. The van der Waals surface area contributed by atoms with Crippen molar-refractivity contribution >= 4 is 0 Å². The van der Waals surface area contributed by atoms with Crippen molar-refractivity contribution in [3.63, 3.8) is 0 Å². The van der Waals surface area contributed by atoms with Gasteiger partial charge in [0.1, 0.15) is 0 Å². The zero-order valence-corrected chi connectivity index (χ0v) is 10.8. The number of nitrogens with zero attached hydrogens (tertiary/aromatic N) is 2. The summed E-state index contributed by atoms with van der Waals surface area (Å²) in [5.74, 6) is 0.778. The van der Waals surface area contributed by atoms with Gasteiger partial charge in [-0.15, -0.1) is 0 Å². The van der Waals surface area contributed by atoms with Gasteiger partial charge >= 0.3 is 0 Å². The maximum Gasteiger partial charge on any atom is 0.0375 e. The predicted molar refractivity (Wildman–Crippen MR) is 67.5 cm³/mol. The molecule has 1 aliphatic carbocycles. The Kier molecular flexibility index (Phi) is 3.29. The van der Waals surface area contributed by atoms with E-state index in [2.05, 4.69) is 36.0 Å². The maximum absolute atomic E-state index is 4.24. The van der Waals surface area contributed by atoms with Crippen LogP contribution in [0.25, 0.3) is 0 Å². The number of aromatic nitrogens is 1. The molecule has 0 N–H and O–H groups in total.